The predicted octanol–water partition coefficient (Wildman–Crippen LogP) is 1.29. The van der Waals surface area contributed by atoms with Gasteiger partial charge in [-0.3, -0.25) is 4.79 Å². The van der Waals surface area contributed by atoms with E-state index in [-0.39, 0.29) is 11.3 Å². The van der Waals surface area contributed by atoms with Gasteiger partial charge in [-0.15, -0.1) is 0 Å². The fraction of sp³-hybridized carbons (Fsp3) is 0.917. The van der Waals surface area contributed by atoms with Crippen LogP contribution in [0.2, 0.25) is 0 Å². The van der Waals surface area contributed by atoms with Gasteiger partial charge in [0.2, 0.25) is 5.91 Å². The van der Waals surface area contributed by atoms with Crippen LogP contribution in [0.3, 0.4) is 0 Å². The first kappa shape index (κ1) is 10.9. The Morgan fingerprint density at radius 2 is 2.13 bits per heavy atom. The van der Waals surface area contributed by atoms with Crippen LogP contribution in [0.5, 0.6) is 0 Å². The van der Waals surface area contributed by atoms with Crippen LogP contribution in [0.1, 0.15) is 39.5 Å². The molecule has 0 aromatic carbocycles. The molecule has 1 heterocycles. The number of carbonyl (C=O) groups excluding carboxylic acids is 1. The van der Waals surface area contributed by atoms with E-state index in [1.165, 1.54) is 12.8 Å². The first-order chi connectivity index (χ1) is 7.15. The number of hydrogen-bond acceptors (Lipinski definition) is 2. The third-order valence-corrected chi connectivity index (χ3v) is 4.02. The van der Waals surface area contributed by atoms with E-state index in [1.54, 1.807) is 0 Å². The normalized spacial score (nSPS) is 33.5. The average molecular weight is 210 g/mol. The summed E-state index contributed by atoms with van der Waals surface area (Å²) < 4.78 is 0. The number of amides is 1. The molecule has 1 aliphatic carbocycles. The van der Waals surface area contributed by atoms with Gasteiger partial charge in [-0.05, 0) is 38.3 Å². The highest BCUT2D eigenvalue weighted by atomic mass is 16.2. The molecule has 1 saturated heterocycles. The lowest BCUT2D eigenvalue weighted by Gasteiger charge is -2.32. The smallest absolute Gasteiger partial charge is 0.226 e. The molecule has 2 rings (SSSR count). The molecule has 0 spiro atoms. The highest BCUT2D eigenvalue weighted by Crippen LogP contribution is 2.35. The van der Waals surface area contributed by atoms with Crippen molar-refractivity contribution in [1.29, 1.82) is 0 Å². The van der Waals surface area contributed by atoms with E-state index in [2.05, 4.69) is 24.5 Å². The van der Waals surface area contributed by atoms with Crippen molar-refractivity contribution in [2.75, 3.05) is 13.1 Å². The van der Waals surface area contributed by atoms with Crippen LogP contribution in [0.25, 0.3) is 0 Å². The van der Waals surface area contributed by atoms with E-state index in [9.17, 15) is 4.79 Å². The Kier molecular flexibility index (Phi) is 3.01. The van der Waals surface area contributed by atoms with Gasteiger partial charge in [0.05, 0.1) is 0 Å². The van der Waals surface area contributed by atoms with Crippen molar-refractivity contribution in [3.63, 3.8) is 0 Å². The molecule has 2 N–H and O–H groups in total. The van der Waals surface area contributed by atoms with Gasteiger partial charge in [0.15, 0.2) is 0 Å². The standard InChI is InChI=1S/C12H22N2O/c1-3-9-8-10(9)14-11(15)12(2)4-6-13-7-5-12/h9-10,13H,3-8H2,1-2H3,(H,14,15). The van der Waals surface area contributed by atoms with Gasteiger partial charge in [-0.25, -0.2) is 0 Å². The Morgan fingerprint density at radius 1 is 1.47 bits per heavy atom. The van der Waals surface area contributed by atoms with Gasteiger partial charge in [-0.2, -0.15) is 0 Å². The van der Waals surface area contributed by atoms with E-state index in [0.717, 1.165) is 31.8 Å². The Hall–Kier alpha value is -0.570. The molecular weight excluding hydrogens is 188 g/mol. The molecule has 0 bridgehead atoms. The fourth-order valence-corrected chi connectivity index (χ4v) is 2.42. The Labute approximate surface area is 92.0 Å². The van der Waals surface area contributed by atoms with E-state index in [4.69, 9.17) is 0 Å². The van der Waals surface area contributed by atoms with Gasteiger partial charge >= 0.3 is 0 Å². The first-order valence-corrected chi connectivity index (χ1v) is 6.17. The maximum atomic E-state index is 12.1. The van der Waals surface area contributed by atoms with Crippen LogP contribution >= 0.6 is 0 Å². The van der Waals surface area contributed by atoms with Crippen molar-refractivity contribution in [2.45, 2.75) is 45.6 Å². The summed E-state index contributed by atoms with van der Waals surface area (Å²) in [6, 6.07) is 0.481. The molecular formula is C12H22N2O. The lowest BCUT2D eigenvalue weighted by atomic mass is 9.80. The van der Waals surface area contributed by atoms with Crippen LogP contribution in [0.15, 0.2) is 0 Å². The summed E-state index contributed by atoms with van der Waals surface area (Å²) in [6.45, 7) is 6.26. The van der Waals surface area contributed by atoms with Crippen LogP contribution in [-0.4, -0.2) is 25.0 Å². The number of piperidine rings is 1. The minimum Gasteiger partial charge on any atom is -0.353 e. The third-order valence-electron chi connectivity index (χ3n) is 4.02. The quantitative estimate of drug-likeness (QED) is 0.737. The SMILES string of the molecule is CCC1CC1NC(=O)C1(C)CCNCC1. The molecule has 3 nitrogen and oxygen atoms in total. The summed E-state index contributed by atoms with van der Waals surface area (Å²) in [5.74, 6) is 1.03. The first-order valence-electron chi connectivity index (χ1n) is 6.17. The highest BCUT2D eigenvalue weighted by Gasteiger charge is 2.41. The van der Waals surface area contributed by atoms with Gasteiger partial charge in [-0.1, -0.05) is 20.3 Å². The van der Waals surface area contributed by atoms with Crippen molar-refractivity contribution in [3.8, 4) is 0 Å². The molecule has 15 heavy (non-hydrogen) atoms. The average Bonchev–Trinajstić information content (AvgIpc) is 2.97. The summed E-state index contributed by atoms with van der Waals surface area (Å²) in [5, 5.41) is 6.50. The second kappa shape index (κ2) is 4.12. The summed E-state index contributed by atoms with van der Waals surface area (Å²) >= 11 is 0. The summed E-state index contributed by atoms with van der Waals surface area (Å²) in [6.07, 6.45) is 4.34. The van der Waals surface area contributed by atoms with Crippen LogP contribution in [0, 0.1) is 11.3 Å². The monoisotopic (exact) mass is 210 g/mol. The molecule has 2 atom stereocenters. The molecule has 2 unspecified atom stereocenters. The topological polar surface area (TPSA) is 41.1 Å². The van der Waals surface area contributed by atoms with Crippen LogP contribution < -0.4 is 10.6 Å². The highest BCUT2D eigenvalue weighted by molar-refractivity contribution is 5.83. The lowest BCUT2D eigenvalue weighted by molar-refractivity contribution is -0.131. The molecule has 2 fully saturated rings. The van der Waals surface area contributed by atoms with E-state index in [0.29, 0.717) is 6.04 Å². The minimum absolute atomic E-state index is 0.119. The summed E-state index contributed by atoms with van der Waals surface area (Å²) in [5.41, 5.74) is -0.119. The van der Waals surface area contributed by atoms with Gasteiger partial charge in [0, 0.05) is 11.5 Å². The second-order valence-corrected chi connectivity index (χ2v) is 5.29. The van der Waals surface area contributed by atoms with Gasteiger partial charge < -0.3 is 10.6 Å². The maximum Gasteiger partial charge on any atom is 0.226 e. The van der Waals surface area contributed by atoms with E-state index >= 15 is 0 Å². The Morgan fingerprint density at radius 3 is 2.67 bits per heavy atom. The van der Waals surface area contributed by atoms with Crippen molar-refractivity contribution in [2.24, 2.45) is 11.3 Å². The van der Waals surface area contributed by atoms with Gasteiger partial charge in [0.25, 0.3) is 0 Å². The fourth-order valence-electron chi connectivity index (χ4n) is 2.42. The lowest BCUT2D eigenvalue weighted by Crippen LogP contribution is -2.46. The largest absolute Gasteiger partial charge is 0.353 e. The zero-order valence-corrected chi connectivity index (χ0v) is 9.81. The molecule has 1 saturated carbocycles. The van der Waals surface area contributed by atoms with Crippen LogP contribution in [-0.2, 0) is 4.79 Å². The molecule has 2 aliphatic rings. The maximum absolute atomic E-state index is 12.1. The number of carbonyl (C=O) groups is 1. The third kappa shape index (κ3) is 2.33. The Bertz CT molecular complexity index is 246. The zero-order chi connectivity index (χ0) is 10.9. The van der Waals surface area contributed by atoms with E-state index in [1.807, 2.05) is 0 Å². The molecule has 86 valence electrons. The predicted molar refractivity (Wildman–Crippen MR) is 60.5 cm³/mol. The molecule has 0 aromatic rings. The Balaban J connectivity index is 1.84. The second-order valence-electron chi connectivity index (χ2n) is 5.29. The zero-order valence-electron chi connectivity index (χ0n) is 9.81. The summed E-state index contributed by atoms with van der Waals surface area (Å²) in [7, 11) is 0. The van der Waals surface area contributed by atoms with E-state index < -0.39 is 0 Å². The summed E-state index contributed by atoms with van der Waals surface area (Å²) in [4.78, 5) is 12.1. The van der Waals surface area contributed by atoms with Crippen molar-refractivity contribution < 1.29 is 4.79 Å². The molecule has 1 amide bonds. The number of hydrogen-bond donors (Lipinski definition) is 2. The molecule has 0 radical (unpaired) electrons. The van der Waals surface area contributed by atoms with Gasteiger partial charge in [0.1, 0.15) is 0 Å². The molecule has 0 aromatic heterocycles. The molecule has 1 aliphatic heterocycles. The van der Waals surface area contributed by atoms with Crippen molar-refractivity contribution >= 4 is 5.91 Å². The molecule has 3 heteroatoms. The van der Waals surface area contributed by atoms with Crippen molar-refractivity contribution in [1.82, 2.24) is 10.6 Å². The van der Waals surface area contributed by atoms with Crippen molar-refractivity contribution in [3.05, 3.63) is 0 Å². The number of nitrogens with one attached hydrogen (secondary N) is 2. The number of rotatable bonds is 3. The minimum atomic E-state index is -0.119. The van der Waals surface area contributed by atoms with Crippen LogP contribution in [0.4, 0.5) is 0 Å².